The van der Waals surface area contributed by atoms with Crippen molar-refractivity contribution in [1.29, 1.82) is 0 Å². The molecule has 22 heavy (non-hydrogen) atoms. The monoisotopic (exact) mass is 317 g/mol. The van der Waals surface area contributed by atoms with Gasteiger partial charge < -0.3 is 9.64 Å². The second-order valence-electron chi connectivity index (χ2n) is 6.41. The molecule has 0 spiro atoms. The van der Waals surface area contributed by atoms with Gasteiger partial charge in [0.15, 0.2) is 0 Å². The standard InChI is InChI=1S/C17H20ClN3O/c1-20-7-12-8-21(9-15(20)11-22-10-12)17-5-2-13-6-14(18)3-4-16(13)19-17/h2-6,12,15H,7-11H2,1H3/t12-,15+/m1/s1. The fourth-order valence-corrected chi connectivity index (χ4v) is 3.68. The first-order valence-electron chi connectivity index (χ1n) is 7.78. The molecule has 0 radical (unpaired) electrons. The summed E-state index contributed by atoms with van der Waals surface area (Å²) >= 11 is 6.05. The number of fused-ring (bicyclic) bond motifs is 4. The highest BCUT2D eigenvalue weighted by Crippen LogP contribution is 2.25. The van der Waals surface area contributed by atoms with Gasteiger partial charge in [-0.25, -0.2) is 4.98 Å². The van der Waals surface area contributed by atoms with Crippen LogP contribution in [0.1, 0.15) is 0 Å². The molecule has 4 rings (SSSR count). The molecule has 4 nitrogen and oxygen atoms in total. The number of rotatable bonds is 1. The van der Waals surface area contributed by atoms with Crippen molar-refractivity contribution in [2.45, 2.75) is 6.04 Å². The Morgan fingerprint density at radius 2 is 2.05 bits per heavy atom. The molecule has 1 aromatic carbocycles. The van der Waals surface area contributed by atoms with Crippen LogP contribution in [0, 0.1) is 5.92 Å². The van der Waals surface area contributed by atoms with E-state index >= 15 is 0 Å². The van der Waals surface area contributed by atoms with Gasteiger partial charge in [0, 0.05) is 36.0 Å². The molecule has 0 amide bonds. The third-order valence-corrected chi connectivity index (χ3v) is 4.94. The highest BCUT2D eigenvalue weighted by atomic mass is 35.5. The van der Waals surface area contributed by atoms with Crippen LogP contribution in [0.2, 0.25) is 5.02 Å². The number of pyridine rings is 1. The zero-order valence-electron chi connectivity index (χ0n) is 12.7. The van der Waals surface area contributed by atoms with E-state index in [0.29, 0.717) is 12.0 Å². The van der Waals surface area contributed by atoms with E-state index in [9.17, 15) is 0 Å². The summed E-state index contributed by atoms with van der Waals surface area (Å²) in [6.07, 6.45) is 0. The first kappa shape index (κ1) is 14.2. The van der Waals surface area contributed by atoms with E-state index in [0.717, 1.165) is 54.6 Å². The van der Waals surface area contributed by atoms with E-state index in [-0.39, 0.29) is 0 Å². The highest BCUT2D eigenvalue weighted by Gasteiger charge is 2.31. The van der Waals surface area contributed by atoms with Crippen molar-refractivity contribution in [1.82, 2.24) is 9.88 Å². The first-order valence-corrected chi connectivity index (χ1v) is 8.16. The van der Waals surface area contributed by atoms with Gasteiger partial charge in [-0.3, -0.25) is 4.90 Å². The fraction of sp³-hybridized carbons (Fsp3) is 0.471. The van der Waals surface area contributed by atoms with Crippen LogP contribution in [-0.2, 0) is 4.74 Å². The Balaban J connectivity index is 1.67. The number of benzene rings is 1. The normalized spacial score (nSPS) is 26.2. The molecule has 0 saturated carbocycles. The van der Waals surface area contributed by atoms with Gasteiger partial charge in [-0.05, 0) is 37.4 Å². The summed E-state index contributed by atoms with van der Waals surface area (Å²) in [5, 5.41) is 1.84. The summed E-state index contributed by atoms with van der Waals surface area (Å²) in [4.78, 5) is 9.68. The molecule has 2 bridgehead atoms. The second kappa shape index (κ2) is 5.69. The Kier molecular flexibility index (Phi) is 3.68. The Bertz CT molecular complexity index is 693. The lowest BCUT2D eigenvalue weighted by atomic mass is 10.1. The smallest absolute Gasteiger partial charge is 0.129 e. The minimum atomic E-state index is 0.440. The number of anilines is 1. The molecule has 2 saturated heterocycles. The quantitative estimate of drug-likeness (QED) is 0.808. The Hall–Kier alpha value is -1.36. The number of hydrogen-bond acceptors (Lipinski definition) is 4. The molecular formula is C17H20ClN3O. The van der Waals surface area contributed by atoms with Gasteiger partial charge in [-0.1, -0.05) is 11.6 Å². The van der Waals surface area contributed by atoms with Crippen LogP contribution in [0.25, 0.3) is 10.9 Å². The SMILES string of the molecule is CN1C[C@H]2COC[C@@H]1CN(c1ccc3cc(Cl)ccc3n1)C2. The molecule has 2 aromatic rings. The summed E-state index contributed by atoms with van der Waals surface area (Å²) in [7, 11) is 2.20. The summed E-state index contributed by atoms with van der Waals surface area (Å²) in [6.45, 7) is 4.74. The average Bonchev–Trinajstić information content (AvgIpc) is 2.75. The zero-order chi connectivity index (χ0) is 15.1. The Morgan fingerprint density at radius 3 is 2.95 bits per heavy atom. The first-order chi connectivity index (χ1) is 10.7. The molecule has 0 unspecified atom stereocenters. The number of halogens is 1. The van der Waals surface area contributed by atoms with Gasteiger partial charge in [-0.15, -0.1) is 0 Å². The molecule has 0 aliphatic carbocycles. The van der Waals surface area contributed by atoms with Gasteiger partial charge in [0.05, 0.1) is 24.8 Å². The maximum absolute atomic E-state index is 6.05. The van der Waals surface area contributed by atoms with Gasteiger partial charge in [0.1, 0.15) is 5.82 Å². The van der Waals surface area contributed by atoms with Gasteiger partial charge in [-0.2, -0.15) is 0 Å². The summed E-state index contributed by atoms with van der Waals surface area (Å²) in [5.74, 6) is 1.60. The van der Waals surface area contributed by atoms with Crippen molar-refractivity contribution < 1.29 is 4.74 Å². The molecule has 2 fully saturated rings. The van der Waals surface area contributed by atoms with Crippen LogP contribution in [0.4, 0.5) is 5.82 Å². The molecule has 2 atom stereocenters. The van der Waals surface area contributed by atoms with Crippen molar-refractivity contribution in [3.8, 4) is 0 Å². The van der Waals surface area contributed by atoms with Crippen molar-refractivity contribution in [2.24, 2.45) is 5.92 Å². The van der Waals surface area contributed by atoms with E-state index in [1.54, 1.807) is 0 Å². The molecule has 2 aliphatic rings. The lowest BCUT2D eigenvalue weighted by molar-refractivity contribution is 0.0930. The molecule has 3 heterocycles. The second-order valence-corrected chi connectivity index (χ2v) is 6.84. The molecule has 5 heteroatoms. The van der Waals surface area contributed by atoms with Crippen molar-refractivity contribution >= 4 is 28.3 Å². The maximum Gasteiger partial charge on any atom is 0.129 e. The third-order valence-electron chi connectivity index (χ3n) is 4.70. The number of ether oxygens (including phenoxy) is 1. The lowest BCUT2D eigenvalue weighted by Crippen LogP contribution is -2.42. The van der Waals surface area contributed by atoms with Crippen LogP contribution in [0.3, 0.4) is 0 Å². The lowest BCUT2D eigenvalue weighted by Gasteiger charge is -2.30. The maximum atomic E-state index is 6.05. The predicted octanol–water partition coefficient (Wildman–Crippen LogP) is 2.66. The zero-order valence-corrected chi connectivity index (χ0v) is 13.5. The van der Waals surface area contributed by atoms with Crippen LogP contribution in [0.15, 0.2) is 30.3 Å². The van der Waals surface area contributed by atoms with Crippen LogP contribution in [0.5, 0.6) is 0 Å². The minimum Gasteiger partial charge on any atom is -0.379 e. The summed E-state index contributed by atoms with van der Waals surface area (Å²) in [5.41, 5.74) is 1.00. The Morgan fingerprint density at radius 1 is 1.14 bits per heavy atom. The summed E-state index contributed by atoms with van der Waals surface area (Å²) in [6, 6.07) is 10.5. The minimum absolute atomic E-state index is 0.440. The fourth-order valence-electron chi connectivity index (χ4n) is 3.50. The van der Waals surface area contributed by atoms with Crippen molar-refractivity contribution in [2.75, 3.05) is 44.8 Å². The van der Waals surface area contributed by atoms with E-state index in [1.807, 2.05) is 18.2 Å². The van der Waals surface area contributed by atoms with Gasteiger partial charge in [0.2, 0.25) is 0 Å². The van der Waals surface area contributed by atoms with E-state index < -0.39 is 0 Å². The molecule has 1 aromatic heterocycles. The topological polar surface area (TPSA) is 28.6 Å². The average molecular weight is 318 g/mol. The number of aromatic nitrogens is 1. The molecule has 0 N–H and O–H groups in total. The largest absolute Gasteiger partial charge is 0.379 e. The van der Waals surface area contributed by atoms with Gasteiger partial charge >= 0.3 is 0 Å². The molecule has 116 valence electrons. The summed E-state index contributed by atoms with van der Waals surface area (Å²) < 4.78 is 5.80. The van der Waals surface area contributed by atoms with Crippen molar-refractivity contribution in [3.05, 3.63) is 35.4 Å². The van der Waals surface area contributed by atoms with E-state index in [1.165, 1.54) is 0 Å². The van der Waals surface area contributed by atoms with Crippen molar-refractivity contribution in [3.63, 3.8) is 0 Å². The number of nitrogens with zero attached hydrogens (tertiary/aromatic N) is 3. The van der Waals surface area contributed by atoms with Crippen LogP contribution in [-0.4, -0.2) is 55.8 Å². The predicted molar refractivity (Wildman–Crippen MR) is 89.7 cm³/mol. The van der Waals surface area contributed by atoms with Crippen LogP contribution < -0.4 is 4.90 Å². The van der Waals surface area contributed by atoms with Crippen LogP contribution >= 0.6 is 11.6 Å². The molecular weight excluding hydrogens is 298 g/mol. The molecule has 2 aliphatic heterocycles. The highest BCUT2D eigenvalue weighted by molar-refractivity contribution is 6.31. The van der Waals surface area contributed by atoms with Gasteiger partial charge in [0.25, 0.3) is 0 Å². The van der Waals surface area contributed by atoms with E-state index in [4.69, 9.17) is 21.3 Å². The Labute approximate surface area is 135 Å². The van der Waals surface area contributed by atoms with E-state index in [2.05, 4.69) is 29.0 Å². The number of likely N-dealkylation sites (N-methyl/N-ethyl adjacent to an activating group) is 1. The third kappa shape index (κ3) is 2.67. The number of hydrogen-bond donors (Lipinski definition) is 0.